The number of unbranched alkanes of at least 4 members (excludes halogenated alkanes) is 1. The lowest BCUT2D eigenvalue weighted by atomic mass is 10.2. The maximum Gasteiger partial charge on any atom is 0.252 e. The third-order valence-corrected chi connectivity index (χ3v) is 5.02. The lowest BCUT2D eigenvalue weighted by Gasteiger charge is -2.34. The third kappa shape index (κ3) is 7.13. The third-order valence-electron chi connectivity index (χ3n) is 4.69. The van der Waals surface area contributed by atoms with Crippen molar-refractivity contribution >= 4 is 29.3 Å². The molecule has 1 aromatic rings. The van der Waals surface area contributed by atoms with Crippen molar-refractivity contribution in [1.29, 1.82) is 0 Å². The first-order valence-corrected chi connectivity index (χ1v) is 10.2. The normalized spacial score (nSPS) is 14.6. The van der Waals surface area contributed by atoms with E-state index in [1.54, 1.807) is 29.2 Å². The second-order valence-corrected chi connectivity index (χ2v) is 7.25. The number of halogens is 1. The van der Waals surface area contributed by atoms with Gasteiger partial charge in [0.15, 0.2) is 0 Å². The molecule has 0 bridgehead atoms. The Morgan fingerprint density at radius 3 is 2.43 bits per heavy atom. The van der Waals surface area contributed by atoms with Crippen LogP contribution in [0.25, 0.3) is 0 Å². The van der Waals surface area contributed by atoms with Crippen molar-refractivity contribution in [3.8, 4) is 0 Å². The average molecular weight is 409 g/mol. The van der Waals surface area contributed by atoms with Gasteiger partial charge in [-0.15, -0.1) is 0 Å². The van der Waals surface area contributed by atoms with Crippen LogP contribution in [0.3, 0.4) is 0 Å². The lowest BCUT2D eigenvalue weighted by molar-refractivity contribution is -0.133. The first-order chi connectivity index (χ1) is 13.5. The summed E-state index contributed by atoms with van der Waals surface area (Å²) in [4.78, 5) is 40.1. The van der Waals surface area contributed by atoms with Gasteiger partial charge in [-0.1, -0.05) is 37.1 Å². The number of carbonyl (C=O) groups is 3. The van der Waals surface area contributed by atoms with Gasteiger partial charge >= 0.3 is 0 Å². The van der Waals surface area contributed by atoms with Crippen molar-refractivity contribution in [3.05, 3.63) is 34.9 Å². The molecular weight excluding hydrogens is 380 g/mol. The van der Waals surface area contributed by atoms with Gasteiger partial charge in [0, 0.05) is 45.7 Å². The van der Waals surface area contributed by atoms with Crippen LogP contribution in [0, 0.1) is 0 Å². The zero-order valence-corrected chi connectivity index (χ0v) is 17.1. The SMILES string of the molecule is CCCCNC(=O)CN1CCN(C(=O)CCNC(=O)c2ccccc2Cl)CC1. The molecular formula is C20H29ClN4O3. The molecule has 1 saturated heterocycles. The van der Waals surface area contributed by atoms with Gasteiger partial charge in [-0.05, 0) is 18.6 Å². The Labute approximate surface area is 171 Å². The van der Waals surface area contributed by atoms with Crippen LogP contribution in [-0.2, 0) is 9.59 Å². The summed E-state index contributed by atoms with van der Waals surface area (Å²) < 4.78 is 0. The Kier molecular flexibility index (Phi) is 9.23. The molecule has 28 heavy (non-hydrogen) atoms. The van der Waals surface area contributed by atoms with Gasteiger partial charge in [-0.2, -0.15) is 0 Å². The highest BCUT2D eigenvalue weighted by Gasteiger charge is 2.22. The Bertz CT molecular complexity index is 675. The minimum atomic E-state index is -0.280. The fourth-order valence-corrected chi connectivity index (χ4v) is 3.22. The minimum Gasteiger partial charge on any atom is -0.355 e. The molecule has 1 aliphatic rings. The van der Waals surface area contributed by atoms with Gasteiger partial charge in [0.25, 0.3) is 5.91 Å². The summed E-state index contributed by atoms with van der Waals surface area (Å²) in [5.74, 6) is -0.237. The number of piperazine rings is 1. The van der Waals surface area contributed by atoms with Gasteiger partial charge in [0.2, 0.25) is 11.8 Å². The molecule has 0 radical (unpaired) electrons. The molecule has 0 unspecified atom stereocenters. The van der Waals surface area contributed by atoms with E-state index in [0.29, 0.717) is 49.9 Å². The second kappa shape index (κ2) is 11.7. The van der Waals surface area contributed by atoms with Crippen LogP contribution in [0.15, 0.2) is 24.3 Å². The maximum absolute atomic E-state index is 12.3. The molecule has 7 nitrogen and oxygen atoms in total. The molecule has 1 aromatic carbocycles. The van der Waals surface area contributed by atoms with E-state index in [0.717, 1.165) is 12.8 Å². The monoisotopic (exact) mass is 408 g/mol. The topological polar surface area (TPSA) is 81.8 Å². The molecule has 154 valence electrons. The molecule has 2 rings (SSSR count). The smallest absolute Gasteiger partial charge is 0.252 e. The summed E-state index contributed by atoms with van der Waals surface area (Å²) in [6.45, 7) is 6.00. The number of hydrogen-bond donors (Lipinski definition) is 2. The molecule has 1 aliphatic heterocycles. The molecule has 3 amide bonds. The van der Waals surface area contributed by atoms with E-state index in [9.17, 15) is 14.4 Å². The predicted molar refractivity (Wildman–Crippen MR) is 109 cm³/mol. The standard InChI is InChI=1S/C20H29ClN4O3/c1-2-3-9-22-18(26)15-24-11-13-25(14-12-24)19(27)8-10-23-20(28)16-6-4-5-7-17(16)21/h4-7H,2-3,8-15H2,1H3,(H,22,26)(H,23,28). The van der Waals surface area contributed by atoms with Crippen molar-refractivity contribution in [3.63, 3.8) is 0 Å². The lowest BCUT2D eigenvalue weighted by Crippen LogP contribution is -2.51. The van der Waals surface area contributed by atoms with E-state index in [-0.39, 0.29) is 30.7 Å². The quantitative estimate of drug-likeness (QED) is 0.607. The summed E-state index contributed by atoms with van der Waals surface area (Å²) in [6, 6.07) is 6.81. The molecule has 8 heteroatoms. The van der Waals surface area contributed by atoms with E-state index in [2.05, 4.69) is 22.5 Å². The average Bonchev–Trinajstić information content (AvgIpc) is 2.69. The summed E-state index contributed by atoms with van der Waals surface area (Å²) in [7, 11) is 0. The van der Waals surface area contributed by atoms with Crippen molar-refractivity contribution in [2.24, 2.45) is 0 Å². The van der Waals surface area contributed by atoms with Crippen molar-refractivity contribution in [2.75, 3.05) is 45.8 Å². The van der Waals surface area contributed by atoms with Gasteiger partial charge in [0.1, 0.15) is 0 Å². The molecule has 0 atom stereocenters. The number of carbonyl (C=O) groups excluding carboxylic acids is 3. The number of benzene rings is 1. The highest BCUT2D eigenvalue weighted by atomic mass is 35.5. The van der Waals surface area contributed by atoms with E-state index < -0.39 is 0 Å². The van der Waals surface area contributed by atoms with E-state index in [1.165, 1.54) is 0 Å². The van der Waals surface area contributed by atoms with E-state index in [4.69, 9.17) is 11.6 Å². The van der Waals surface area contributed by atoms with E-state index >= 15 is 0 Å². The number of rotatable bonds is 9. The largest absolute Gasteiger partial charge is 0.355 e. The Morgan fingerprint density at radius 2 is 1.75 bits per heavy atom. The summed E-state index contributed by atoms with van der Waals surface area (Å²) in [6.07, 6.45) is 2.29. The summed E-state index contributed by atoms with van der Waals surface area (Å²) in [5, 5.41) is 6.03. The molecule has 0 aliphatic carbocycles. The van der Waals surface area contributed by atoms with Gasteiger partial charge in [-0.25, -0.2) is 0 Å². The first kappa shape index (κ1) is 22.2. The highest BCUT2D eigenvalue weighted by molar-refractivity contribution is 6.33. The molecule has 2 N–H and O–H groups in total. The zero-order valence-electron chi connectivity index (χ0n) is 16.4. The number of nitrogens with zero attached hydrogens (tertiary/aromatic N) is 2. The predicted octanol–water partition coefficient (Wildman–Crippen LogP) is 1.52. The van der Waals surface area contributed by atoms with Crippen LogP contribution >= 0.6 is 11.6 Å². The second-order valence-electron chi connectivity index (χ2n) is 6.85. The maximum atomic E-state index is 12.3. The van der Waals surface area contributed by atoms with Crippen LogP contribution in [0.2, 0.25) is 5.02 Å². The van der Waals surface area contributed by atoms with Crippen LogP contribution in [0.5, 0.6) is 0 Å². The Balaban J connectivity index is 1.65. The van der Waals surface area contributed by atoms with Gasteiger partial charge in [0.05, 0.1) is 17.1 Å². The van der Waals surface area contributed by atoms with Crippen LogP contribution in [0.1, 0.15) is 36.5 Å². The summed E-state index contributed by atoms with van der Waals surface area (Å²) in [5.41, 5.74) is 0.405. The van der Waals surface area contributed by atoms with Crippen molar-refractivity contribution in [2.45, 2.75) is 26.2 Å². The van der Waals surface area contributed by atoms with E-state index in [1.807, 2.05) is 0 Å². The van der Waals surface area contributed by atoms with Crippen LogP contribution in [-0.4, -0.2) is 73.3 Å². The highest BCUT2D eigenvalue weighted by Crippen LogP contribution is 2.14. The number of nitrogens with one attached hydrogen (secondary N) is 2. The first-order valence-electron chi connectivity index (χ1n) is 9.80. The Morgan fingerprint density at radius 1 is 1.04 bits per heavy atom. The fourth-order valence-electron chi connectivity index (χ4n) is 3.00. The summed E-state index contributed by atoms with van der Waals surface area (Å²) >= 11 is 6.00. The number of hydrogen-bond acceptors (Lipinski definition) is 4. The molecule has 1 heterocycles. The zero-order chi connectivity index (χ0) is 20.4. The molecule has 0 aromatic heterocycles. The van der Waals surface area contributed by atoms with Crippen molar-refractivity contribution < 1.29 is 14.4 Å². The van der Waals surface area contributed by atoms with Crippen LogP contribution < -0.4 is 10.6 Å². The Hall–Kier alpha value is -2.12. The van der Waals surface area contributed by atoms with Crippen LogP contribution in [0.4, 0.5) is 0 Å². The van der Waals surface area contributed by atoms with Crippen molar-refractivity contribution in [1.82, 2.24) is 20.4 Å². The minimum absolute atomic E-state index is 0.00602. The number of amides is 3. The molecule has 0 spiro atoms. The molecule has 0 saturated carbocycles. The van der Waals surface area contributed by atoms with Gasteiger partial charge < -0.3 is 15.5 Å². The van der Waals surface area contributed by atoms with Gasteiger partial charge in [-0.3, -0.25) is 19.3 Å². The fraction of sp³-hybridized carbons (Fsp3) is 0.550. The molecule has 1 fully saturated rings.